The van der Waals surface area contributed by atoms with Gasteiger partial charge in [-0.3, -0.25) is 0 Å². The number of benzene rings is 2. The first-order valence-electron chi connectivity index (χ1n) is 7.67. The fraction of sp³-hybridized carbons (Fsp3) is 0.111. The molecular formula is C18H14IN3O2S2. The van der Waals surface area contributed by atoms with E-state index in [0.29, 0.717) is 11.5 Å². The van der Waals surface area contributed by atoms with Gasteiger partial charge >= 0.3 is 0 Å². The summed E-state index contributed by atoms with van der Waals surface area (Å²) in [5.41, 5.74) is 2.93. The van der Waals surface area contributed by atoms with E-state index in [-0.39, 0.29) is 0 Å². The zero-order chi connectivity index (χ0) is 18.1. The van der Waals surface area contributed by atoms with E-state index < -0.39 is 0 Å². The van der Waals surface area contributed by atoms with Crippen LogP contribution in [0.25, 0.3) is 21.5 Å². The summed E-state index contributed by atoms with van der Waals surface area (Å²) >= 11 is 5.42. The minimum absolute atomic E-state index is 0.673. The molecule has 0 spiro atoms. The summed E-state index contributed by atoms with van der Waals surface area (Å²) < 4.78 is 12.9. The van der Waals surface area contributed by atoms with Crippen molar-refractivity contribution in [2.75, 3.05) is 19.5 Å². The summed E-state index contributed by atoms with van der Waals surface area (Å²) in [4.78, 5) is 9.29. The summed E-state index contributed by atoms with van der Waals surface area (Å²) in [5, 5.41) is 6.95. The molecule has 0 atom stereocenters. The van der Waals surface area contributed by atoms with Crippen molar-refractivity contribution in [1.82, 2.24) is 9.97 Å². The third kappa shape index (κ3) is 3.49. The van der Waals surface area contributed by atoms with Gasteiger partial charge in [-0.05, 0) is 34.7 Å². The smallest absolute Gasteiger partial charge is 0.190 e. The molecule has 0 bridgehead atoms. The number of anilines is 2. The van der Waals surface area contributed by atoms with Crippen molar-refractivity contribution in [3.63, 3.8) is 0 Å². The average Bonchev–Trinajstić information content (AvgIpc) is 3.27. The van der Waals surface area contributed by atoms with Gasteiger partial charge in [-0.25, -0.2) is 9.97 Å². The number of aromatic nitrogens is 2. The number of ether oxygens (including phenoxy) is 2. The Hall–Kier alpha value is -1.91. The second-order valence-electron chi connectivity index (χ2n) is 5.36. The molecule has 0 amide bonds. The zero-order valence-corrected chi connectivity index (χ0v) is 17.7. The second-order valence-corrected chi connectivity index (χ2v) is 8.50. The van der Waals surface area contributed by atoms with Crippen LogP contribution in [0.1, 0.15) is 0 Å². The molecule has 0 saturated carbocycles. The van der Waals surface area contributed by atoms with Crippen LogP contribution in [0.4, 0.5) is 10.3 Å². The van der Waals surface area contributed by atoms with Crippen molar-refractivity contribution in [1.29, 1.82) is 0 Å². The zero-order valence-electron chi connectivity index (χ0n) is 13.9. The van der Waals surface area contributed by atoms with E-state index in [9.17, 15) is 0 Å². The molecule has 2 heterocycles. The summed E-state index contributed by atoms with van der Waals surface area (Å²) in [5.74, 6) is 1.37. The number of halogens is 1. The van der Waals surface area contributed by atoms with Gasteiger partial charge < -0.3 is 14.8 Å². The third-order valence-electron chi connectivity index (χ3n) is 3.75. The average molecular weight is 495 g/mol. The standard InChI is InChI=1S/C18H14IN3O2S2/c1-23-14-7-12-16(8-15(14)24-2)26-18(20-12)22-17-21-13(9-25-17)10-3-5-11(19)6-4-10/h3-9H,1-2H3,(H,20,21,22). The minimum Gasteiger partial charge on any atom is -0.493 e. The van der Waals surface area contributed by atoms with Gasteiger partial charge in [0.25, 0.3) is 0 Å². The Morgan fingerprint density at radius 3 is 2.42 bits per heavy atom. The van der Waals surface area contributed by atoms with Crippen molar-refractivity contribution in [3.05, 3.63) is 45.3 Å². The second kappa shape index (κ2) is 7.37. The largest absolute Gasteiger partial charge is 0.493 e. The number of rotatable bonds is 5. The molecule has 0 aliphatic rings. The molecule has 0 fully saturated rings. The lowest BCUT2D eigenvalue weighted by Crippen LogP contribution is -1.90. The van der Waals surface area contributed by atoms with E-state index in [1.165, 1.54) is 3.57 Å². The molecule has 0 saturated heterocycles. The topological polar surface area (TPSA) is 56.3 Å². The van der Waals surface area contributed by atoms with Crippen LogP contribution in [-0.2, 0) is 0 Å². The molecule has 0 radical (unpaired) electrons. The lowest BCUT2D eigenvalue weighted by Gasteiger charge is -2.05. The van der Waals surface area contributed by atoms with Gasteiger partial charge in [0, 0.05) is 26.6 Å². The van der Waals surface area contributed by atoms with Crippen molar-refractivity contribution < 1.29 is 9.47 Å². The highest BCUT2D eigenvalue weighted by Gasteiger charge is 2.12. The minimum atomic E-state index is 0.673. The first kappa shape index (κ1) is 17.5. The van der Waals surface area contributed by atoms with Gasteiger partial charge in [-0.2, -0.15) is 0 Å². The van der Waals surface area contributed by atoms with Gasteiger partial charge in [0.1, 0.15) is 0 Å². The van der Waals surface area contributed by atoms with E-state index in [1.807, 2.05) is 17.5 Å². The normalized spacial score (nSPS) is 10.9. The highest BCUT2D eigenvalue weighted by atomic mass is 127. The first-order chi connectivity index (χ1) is 12.7. The molecule has 26 heavy (non-hydrogen) atoms. The summed E-state index contributed by atoms with van der Waals surface area (Å²) in [6.07, 6.45) is 0. The maximum atomic E-state index is 5.36. The molecule has 2 aromatic heterocycles. The predicted molar refractivity (Wildman–Crippen MR) is 116 cm³/mol. The Kier molecular flexibility index (Phi) is 4.96. The van der Waals surface area contributed by atoms with Crippen LogP contribution < -0.4 is 14.8 Å². The molecule has 0 aliphatic heterocycles. The van der Waals surface area contributed by atoms with E-state index in [1.54, 1.807) is 36.9 Å². The maximum Gasteiger partial charge on any atom is 0.190 e. The monoisotopic (exact) mass is 495 g/mol. The highest BCUT2D eigenvalue weighted by molar-refractivity contribution is 14.1. The lowest BCUT2D eigenvalue weighted by molar-refractivity contribution is 0.356. The Labute approximate surface area is 172 Å². The number of fused-ring (bicyclic) bond motifs is 1. The van der Waals surface area contributed by atoms with E-state index in [0.717, 1.165) is 31.7 Å². The van der Waals surface area contributed by atoms with Crippen molar-refractivity contribution in [3.8, 4) is 22.8 Å². The van der Waals surface area contributed by atoms with Crippen LogP contribution in [0.2, 0.25) is 0 Å². The van der Waals surface area contributed by atoms with Crippen molar-refractivity contribution in [2.24, 2.45) is 0 Å². The lowest BCUT2D eigenvalue weighted by atomic mass is 10.2. The van der Waals surface area contributed by atoms with Gasteiger partial charge in [0.15, 0.2) is 21.8 Å². The van der Waals surface area contributed by atoms with Crippen LogP contribution in [-0.4, -0.2) is 24.2 Å². The number of hydrogen-bond acceptors (Lipinski definition) is 7. The molecule has 4 rings (SSSR count). The van der Waals surface area contributed by atoms with Gasteiger partial charge in [0.05, 0.1) is 30.1 Å². The number of methoxy groups -OCH3 is 2. The molecule has 1 N–H and O–H groups in total. The van der Waals surface area contributed by atoms with E-state index in [4.69, 9.17) is 9.47 Å². The van der Waals surface area contributed by atoms with Crippen LogP contribution >= 0.6 is 45.3 Å². The Balaban J connectivity index is 1.60. The van der Waals surface area contributed by atoms with Crippen molar-refractivity contribution >= 4 is 65.7 Å². The third-order valence-corrected chi connectivity index (χ3v) is 6.16. The van der Waals surface area contributed by atoms with Gasteiger partial charge in [-0.15, -0.1) is 11.3 Å². The fourth-order valence-electron chi connectivity index (χ4n) is 2.48. The maximum absolute atomic E-state index is 5.36. The molecule has 8 heteroatoms. The fourth-order valence-corrected chi connectivity index (χ4v) is 4.50. The van der Waals surface area contributed by atoms with Gasteiger partial charge in [0.2, 0.25) is 0 Å². The molecule has 2 aromatic carbocycles. The summed E-state index contributed by atoms with van der Waals surface area (Å²) in [7, 11) is 3.25. The van der Waals surface area contributed by atoms with Crippen LogP contribution in [0, 0.1) is 3.57 Å². The summed E-state index contributed by atoms with van der Waals surface area (Å²) in [6.45, 7) is 0. The number of nitrogens with zero attached hydrogens (tertiary/aromatic N) is 2. The Bertz CT molecular complexity index is 1020. The number of thiazole rings is 2. The van der Waals surface area contributed by atoms with Crippen LogP contribution in [0.15, 0.2) is 41.8 Å². The highest BCUT2D eigenvalue weighted by Crippen LogP contribution is 2.37. The van der Waals surface area contributed by atoms with Crippen LogP contribution in [0.3, 0.4) is 0 Å². The predicted octanol–water partition coefficient (Wildman–Crippen LogP) is 5.79. The molecular weight excluding hydrogens is 481 g/mol. The molecule has 0 unspecified atom stereocenters. The SMILES string of the molecule is COc1cc2nc(Nc3nc(-c4ccc(I)cc4)cs3)sc2cc1OC. The quantitative estimate of drug-likeness (QED) is 0.356. The van der Waals surface area contributed by atoms with Crippen LogP contribution in [0.5, 0.6) is 11.5 Å². The Morgan fingerprint density at radius 1 is 0.962 bits per heavy atom. The van der Waals surface area contributed by atoms with E-state index >= 15 is 0 Å². The van der Waals surface area contributed by atoms with Gasteiger partial charge in [-0.1, -0.05) is 23.5 Å². The molecule has 132 valence electrons. The Morgan fingerprint density at radius 2 is 1.69 bits per heavy atom. The molecule has 0 aliphatic carbocycles. The molecule has 5 nitrogen and oxygen atoms in total. The number of hydrogen-bond donors (Lipinski definition) is 1. The van der Waals surface area contributed by atoms with E-state index in [2.05, 4.69) is 62.1 Å². The summed E-state index contributed by atoms with van der Waals surface area (Å²) in [6, 6.07) is 12.1. The number of nitrogens with one attached hydrogen (secondary N) is 1. The van der Waals surface area contributed by atoms with Crippen molar-refractivity contribution in [2.45, 2.75) is 0 Å². The molecule has 4 aromatic rings. The first-order valence-corrected chi connectivity index (χ1v) is 10.4.